The van der Waals surface area contributed by atoms with Crippen molar-refractivity contribution in [2.75, 3.05) is 0 Å². The van der Waals surface area contributed by atoms with Gasteiger partial charge < -0.3 is 9.52 Å². The highest BCUT2D eigenvalue weighted by Crippen LogP contribution is 2.67. The van der Waals surface area contributed by atoms with Gasteiger partial charge in [-0.1, -0.05) is 25.5 Å². The van der Waals surface area contributed by atoms with Crippen molar-refractivity contribution in [2.24, 2.45) is 28.6 Å². The molecule has 0 saturated heterocycles. The molecule has 0 spiro atoms. The summed E-state index contributed by atoms with van der Waals surface area (Å²) >= 11 is 0. The van der Waals surface area contributed by atoms with Crippen LogP contribution in [0.5, 0.6) is 0 Å². The van der Waals surface area contributed by atoms with Crippen LogP contribution in [0.4, 0.5) is 0 Å². The molecular weight excluding hydrogens is 336 g/mol. The lowest BCUT2D eigenvalue weighted by Gasteiger charge is -2.57. The van der Waals surface area contributed by atoms with E-state index in [1.165, 1.54) is 43.2 Å². The maximum Gasteiger partial charge on any atom is 0.136 e. The van der Waals surface area contributed by atoms with Gasteiger partial charge in [0.15, 0.2) is 0 Å². The van der Waals surface area contributed by atoms with E-state index in [4.69, 9.17) is 4.42 Å². The van der Waals surface area contributed by atoms with Crippen LogP contribution in [0.2, 0.25) is 0 Å². The third kappa shape index (κ3) is 2.46. The van der Waals surface area contributed by atoms with E-state index in [0.717, 1.165) is 30.6 Å². The smallest absolute Gasteiger partial charge is 0.136 e. The van der Waals surface area contributed by atoms with Gasteiger partial charge in [0, 0.05) is 12.8 Å². The number of furan rings is 1. The zero-order valence-electron chi connectivity index (χ0n) is 16.7. The fraction of sp³-hybridized carbons (Fsp3) is 0.708. The number of carbonyl (C=O) groups excluding carboxylic acids is 1. The lowest BCUT2D eigenvalue weighted by atomic mass is 9.47. The molecule has 1 heterocycles. The van der Waals surface area contributed by atoms with Gasteiger partial charge in [0.1, 0.15) is 18.2 Å². The molecule has 1 aromatic heterocycles. The van der Waals surface area contributed by atoms with Gasteiger partial charge in [-0.25, -0.2) is 0 Å². The minimum Gasteiger partial charge on any atom is -0.467 e. The van der Waals surface area contributed by atoms with E-state index in [1.54, 1.807) is 0 Å². The van der Waals surface area contributed by atoms with E-state index in [2.05, 4.69) is 26.0 Å². The van der Waals surface area contributed by atoms with Crippen molar-refractivity contribution in [1.82, 2.24) is 0 Å². The van der Waals surface area contributed by atoms with Crippen LogP contribution in [0, 0.1) is 28.6 Å². The van der Waals surface area contributed by atoms with Gasteiger partial charge >= 0.3 is 0 Å². The lowest BCUT2D eigenvalue weighted by Crippen LogP contribution is -2.49. The Balaban J connectivity index is 1.45. The van der Waals surface area contributed by atoms with Gasteiger partial charge in [0.25, 0.3) is 0 Å². The monoisotopic (exact) mass is 368 g/mol. The Kier molecular flexibility index (Phi) is 3.99. The number of fused-ring (bicyclic) bond motifs is 5. The summed E-state index contributed by atoms with van der Waals surface area (Å²) in [5.74, 6) is 3.97. The first-order valence-electron chi connectivity index (χ1n) is 10.8. The van der Waals surface area contributed by atoms with Gasteiger partial charge in [0.2, 0.25) is 0 Å². The van der Waals surface area contributed by atoms with E-state index in [9.17, 15) is 9.90 Å². The van der Waals surface area contributed by atoms with E-state index in [-0.39, 0.29) is 12.0 Å². The molecule has 4 aliphatic carbocycles. The van der Waals surface area contributed by atoms with Crippen LogP contribution >= 0.6 is 0 Å². The van der Waals surface area contributed by atoms with E-state index in [0.29, 0.717) is 29.3 Å². The van der Waals surface area contributed by atoms with Crippen LogP contribution in [0.15, 0.2) is 28.4 Å². The Labute approximate surface area is 162 Å². The molecule has 3 fully saturated rings. The Morgan fingerprint density at radius 1 is 1.19 bits per heavy atom. The van der Waals surface area contributed by atoms with Crippen molar-refractivity contribution in [3.63, 3.8) is 0 Å². The van der Waals surface area contributed by atoms with Crippen LogP contribution in [-0.4, -0.2) is 10.9 Å². The second kappa shape index (κ2) is 6.07. The first-order chi connectivity index (χ1) is 13.0. The average Bonchev–Trinajstić information content (AvgIpc) is 3.25. The third-order valence-corrected chi connectivity index (χ3v) is 9.17. The molecule has 0 radical (unpaired) electrons. The maximum atomic E-state index is 12.0. The highest BCUT2D eigenvalue weighted by atomic mass is 16.4. The molecule has 1 aromatic rings. The molecule has 3 nitrogen and oxygen atoms in total. The summed E-state index contributed by atoms with van der Waals surface area (Å²) in [6, 6.07) is 2.08. The molecule has 146 valence electrons. The molecule has 6 atom stereocenters. The number of aliphatic hydroxyl groups is 1. The SMILES string of the molecule is C[C@]12CC[C@H]3[C@@H](CC=C4CC(=O)CC[C@@]43C)[C@@H]1CC[C@@H]2c1coc(CO)c1. The highest BCUT2D eigenvalue weighted by molar-refractivity contribution is 5.82. The van der Waals surface area contributed by atoms with Gasteiger partial charge in [-0.15, -0.1) is 0 Å². The van der Waals surface area contributed by atoms with Crippen molar-refractivity contribution in [1.29, 1.82) is 0 Å². The minimum atomic E-state index is -0.0117. The number of carbonyl (C=O) groups is 1. The number of aliphatic hydroxyl groups excluding tert-OH is 1. The fourth-order valence-electron chi connectivity index (χ4n) is 7.69. The van der Waals surface area contributed by atoms with Crippen molar-refractivity contribution in [3.8, 4) is 0 Å². The largest absolute Gasteiger partial charge is 0.467 e. The zero-order valence-corrected chi connectivity index (χ0v) is 16.7. The molecule has 0 aromatic carbocycles. The summed E-state index contributed by atoms with van der Waals surface area (Å²) < 4.78 is 5.56. The Hall–Kier alpha value is -1.35. The van der Waals surface area contributed by atoms with E-state index in [1.807, 2.05) is 6.26 Å². The predicted molar refractivity (Wildman–Crippen MR) is 104 cm³/mol. The molecule has 3 heteroatoms. The van der Waals surface area contributed by atoms with Crippen LogP contribution in [-0.2, 0) is 11.4 Å². The summed E-state index contributed by atoms with van der Waals surface area (Å²) in [5.41, 5.74) is 3.35. The Morgan fingerprint density at radius 2 is 2.04 bits per heavy atom. The Morgan fingerprint density at radius 3 is 2.81 bits per heavy atom. The summed E-state index contributed by atoms with van der Waals surface area (Å²) in [4.78, 5) is 12.0. The molecular formula is C24H32O3. The Bertz CT molecular complexity index is 789. The number of ketones is 1. The van der Waals surface area contributed by atoms with Gasteiger partial charge in [-0.2, -0.15) is 0 Å². The summed E-state index contributed by atoms with van der Waals surface area (Å²) in [6.07, 6.45) is 13.2. The summed E-state index contributed by atoms with van der Waals surface area (Å²) in [7, 11) is 0. The molecule has 5 rings (SSSR count). The number of Topliss-reactive ketones (excluding diaryl/α,β-unsaturated/α-hetero) is 1. The van der Waals surface area contributed by atoms with Gasteiger partial charge in [-0.05, 0) is 84.7 Å². The summed E-state index contributed by atoms with van der Waals surface area (Å²) in [5, 5.41) is 9.38. The molecule has 1 N–H and O–H groups in total. The van der Waals surface area contributed by atoms with Crippen LogP contribution in [0.25, 0.3) is 0 Å². The highest BCUT2D eigenvalue weighted by Gasteiger charge is 2.58. The van der Waals surface area contributed by atoms with Gasteiger partial charge in [-0.3, -0.25) is 4.79 Å². The van der Waals surface area contributed by atoms with Crippen molar-refractivity contribution < 1.29 is 14.3 Å². The zero-order chi connectivity index (χ0) is 18.8. The molecule has 0 unspecified atom stereocenters. The first-order valence-corrected chi connectivity index (χ1v) is 10.8. The van der Waals surface area contributed by atoms with Gasteiger partial charge in [0.05, 0.1) is 6.26 Å². The fourth-order valence-corrected chi connectivity index (χ4v) is 7.69. The molecule has 27 heavy (non-hydrogen) atoms. The second-order valence-corrected chi connectivity index (χ2v) is 10.2. The molecule has 0 bridgehead atoms. The normalized spacial score (nSPS) is 43.7. The van der Waals surface area contributed by atoms with Crippen molar-refractivity contribution in [2.45, 2.75) is 77.7 Å². The maximum absolute atomic E-state index is 12.0. The number of rotatable bonds is 2. The van der Waals surface area contributed by atoms with E-state index < -0.39 is 0 Å². The second-order valence-electron chi connectivity index (χ2n) is 10.2. The van der Waals surface area contributed by atoms with Crippen LogP contribution in [0.3, 0.4) is 0 Å². The molecule has 0 aliphatic heterocycles. The average molecular weight is 369 g/mol. The molecule has 0 amide bonds. The van der Waals surface area contributed by atoms with Crippen molar-refractivity contribution in [3.05, 3.63) is 35.3 Å². The third-order valence-electron chi connectivity index (χ3n) is 9.17. The standard InChI is InChI=1S/C24H32O3/c1-23-9-7-17(26)12-16(23)3-4-19-21-6-5-20(15-11-18(13-25)27-14-15)24(21,2)10-8-22(19)23/h3,11,14,19-22,25H,4-10,12-13H2,1-2H3/t19-,20+,21-,22-,23-,24+/m0/s1. The lowest BCUT2D eigenvalue weighted by molar-refractivity contribution is -0.122. The minimum absolute atomic E-state index is 0.0117. The van der Waals surface area contributed by atoms with E-state index >= 15 is 0 Å². The first kappa shape index (κ1) is 17.7. The molecule has 4 aliphatic rings. The number of allylic oxidation sites excluding steroid dienone is 2. The quantitative estimate of drug-likeness (QED) is 0.712. The van der Waals surface area contributed by atoms with Crippen LogP contribution < -0.4 is 0 Å². The predicted octanol–water partition coefficient (Wildman–Crippen LogP) is 5.39. The topological polar surface area (TPSA) is 50.4 Å². The van der Waals surface area contributed by atoms with Crippen molar-refractivity contribution >= 4 is 5.78 Å². The van der Waals surface area contributed by atoms with Crippen LogP contribution in [0.1, 0.15) is 82.5 Å². The number of hydrogen-bond acceptors (Lipinski definition) is 3. The molecule has 3 saturated carbocycles. The summed E-state index contributed by atoms with van der Waals surface area (Å²) in [6.45, 7) is 4.96. The number of hydrogen-bond donors (Lipinski definition) is 1.